The van der Waals surface area contributed by atoms with Crippen molar-refractivity contribution in [3.63, 3.8) is 0 Å². The smallest absolute Gasteiger partial charge is 0.159 e. The lowest BCUT2D eigenvalue weighted by Gasteiger charge is -2.06. The molecule has 1 aromatic heterocycles. The van der Waals surface area contributed by atoms with Crippen LogP contribution < -0.4 is 0 Å². The fraction of sp³-hybridized carbons (Fsp3) is 0.429. The summed E-state index contributed by atoms with van der Waals surface area (Å²) in [5, 5.41) is 8.67. The molecule has 3 nitrogen and oxygen atoms in total. The zero-order chi connectivity index (χ0) is 11.8. The maximum Gasteiger partial charge on any atom is 0.159 e. The van der Waals surface area contributed by atoms with Crippen LogP contribution >= 0.6 is 0 Å². The van der Waals surface area contributed by atoms with Gasteiger partial charge in [0, 0.05) is 22.6 Å². The standard InChI is InChI=1S/C14H16N2O/c1-9(17)11-6-7-12-13(8-11)15-16-14(12)10-4-2-3-5-10/h6-8,10H,2-5H2,1H3,(H,15,16). The van der Waals surface area contributed by atoms with E-state index in [-0.39, 0.29) is 5.78 Å². The molecule has 3 rings (SSSR count). The number of rotatable bonds is 2. The van der Waals surface area contributed by atoms with Crippen molar-refractivity contribution in [1.29, 1.82) is 0 Å². The Hall–Kier alpha value is -1.64. The monoisotopic (exact) mass is 228 g/mol. The molecule has 1 heterocycles. The van der Waals surface area contributed by atoms with Gasteiger partial charge in [0.1, 0.15) is 0 Å². The topological polar surface area (TPSA) is 45.8 Å². The number of nitrogens with one attached hydrogen (secondary N) is 1. The number of fused-ring (bicyclic) bond motifs is 1. The highest BCUT2D eigenvalue weighted by Crippen LogP contribution is 2.36. The summed E-state index contributed by atoms with van der Waals surface area (Å²) in [6.07, 6.45) is 5.14. The highest BCUT2D eigenvalue weighted by molar-refractivity contribution is 5.98. The number of aromatic nitrogens is 2. The van der Waals surface area contributed by atoms with E-state index >= 15 is 0 Å². The molecule has 0 bridgehead atoms. The molecule has 3 heteroatoms. The van der Waals surface area contributed by atoms with Crippen LogP contribution in [-0.4, -0.2) is 16.0 Å². The van der Waals surface area contributed by atoms with Crippen molar-refractivity contribution in [1.82, 2.24) is 10.2 Å². The lowest BCUT2D eigenvalue weighted by molar-refractivity contribution is 0.101. The van der Waals surface area contributed by atoms with Crippen molar-refractivity contribution in [3.05, 3.63) is 29.5 Å². The Kier molecular flexibility index (Phi) is 2.46. The Bertz CT molecular complexity index is 565. The molecule has 0 radical (unpaired) electrons. The van der Waals surface area contributed by atoms with Gasteiger partial charge in [0.2, 0.25) is 0 Å². The molecule has 1 aliphatic carbocycles. The minimum atomic E-state index is 0.0947. The largest absolute Gasteiger partial charge is 0.295 e. The van der Waals surface area contributed by atoms with Gasteiger partial charge in [0.25, 0.3) is 0 Å². The van der Waals surface area contributed by atoms with E-state index in [9.17, 15) is 4.79 Å². The molecule has 17 heavy (non-hydrogen) atoms. The molecule has 1 aliphatic rings. The average Bonchev–Trinajstić information content (AvgIpc) is 2.96. The molecule has 0 unspecified atom stereocenters. The van der Waals surface area contributed by atoms with Crippen molar-refractivity contribution in [2.24, 2.45) is 0 Å². The highest BCUT2D eigenvalue weighted by Gasteiger charge is 2.21. The minimum Gasteiger partial charge on any atom is -0.295 e. The lowest BCUT2D eigenvalue weighted by Crippen LogP contribution is -1.93. The Morgan fingerprint density at radius 3 is 2.82 bits per heavy atom. The number of hydrogen-bond acceptors (Lipinski definition) is 2. The van der Waals surface area contributed by atoms with Crippen molar-refractivity contribution >= 4 is 16.7 Å². The van der Waals surface area contributed by atoms with Crippen LogP contribution in [-0.2, 0) is 0 Å². The van der Waals surface area contributed by atoms with Gasteiger partial charge in [-0.2, -0.15) is 5.10 Å². The maximum absolute atomic E-state index is 11.3. The van der Waals surface area contributed by atoms with Crippen LogP contribution in [0.2, 0.25) is 0 Å². The summed E-state index contributed by atoms with van der Waals surface area (Å²) in [7, 11) is 0. The number of ketones is 1. The maximum atomic E-state index is 11.3. The number of H-pyrrole nitrogens is 1. The molecule has 0 amide bonds. The van der Waals surface area contributed by atoms with E-state index < -0.39 is 0 Å². The van der Waals surface area contributed by atoms with Gasteiger partial charge < -0.3 is 0 Å². The first kappa shape index (κ1) is 10.5. The summed E-state index contributed by atoms with van der Waals surface area (Å²) < 4.78 is 0. The third kappa shape index (κ3) is 1.75. The summed E-state index contributed by atoms with van der Waals surface area (Å²) >= 11 is 0. The van der Waals surface area contributed by atoms with Gasteiger partial charge >= 0.3 is 0 Å². The quantitative estimate of drug-likeness (QED) is 0.800. The Balaban J connectivity index is 2.07. The molecular formula is C14H16N2O. The zero-order valence-electron chi connectivity index (χ0n) is 9.99. The van der Waals surface area contributed by atoms with E-state index in [0.717, 1.165) is 11.1 Å². The number of carbonyl (C=O) groups excluding carboxylic acids is 1. The lowest BCUT2D eigenvalue weighted by atomic mass is 9.99. The van der Waals surface area contributed by atoms with Crippen molar-refractivity contribution in [2.45, 2.75) is 38.5 Å². The van der Waals surface area contributed by atoms with Crippen LogP contribution in [0.1, 0.15) is 54.6 Å². The van der Waals surface area contributed by atoms with Gasteiger partial charge in [0.15, 0.2) is 5.78 Å². The van der Waals surface area contributed by atoms with Crippen LogP contribution in [0.4, 0.5) is 0 Å². The van der Waals surface area contributed by atoms with E-state index in [0.29, 0.717) is 5.92 Å². The molecule has 2 aromatic rings. The Morgan fingerprint density at radius 1 is 1.35 bits per heavy atom. The summed E-state index contributed by atoms with van der Waals surface area (Å²) in [4.78, 5) is 11.3. The molecule has 0 aliphatic heterocycles. The fourth-order valence-electron chi connectivity index (χ4n) is 2.78. The Morgan fingerprint density at radius 2 is 2.12 bits per heavy atom. The van der Waals surface area contributed by atoms with Crippen LogP contribution in [0.15, 0.2) is 18.2 Å². The van der Waals surface area contributed by atoms with Crippen LogP contribution in [0, 0.1) is 0 Å². The molecule has 1 saturated carbocycles. The van der Waals surface area contributed by atoms with Crippen molar-refractivity contribution < 1.29 is 4.79 Å². The fourth-order valence-corrected chi connectivity index (χ4v) is 2.78. The Labute approximate surface area is 100 Å². The molecule has 0 saturated heterocycles. The second kappa shape index (κ2) is 3.99. The van der Waals surface area contributed by atoms with Gasteiger partial charge in [-0.05, 0) is 25.8 Å². The van der Waals surface area contributed by atoms with Crippen LogP contribution in [0.3, 0.4) is 0 Å². The van der Waals surface area contributed by atoms with E-state index in [4.69, 9.17) is 0 Å². The summed E-state index contributed by atoms with van der Waals surface area (Å²) in [5.74, 6) is 0.723. The number of hydrogen-bond donors (Lipinski definition) is 1. The SMILES string of the molecule is CC(=O)c1ccc2c(C3CCCC3)[nH]nc2c1. The van der Waals surface area contributed by atoms with E-state index in [2.05, 4.69) is 10.2 Å². The van der Waals surface area contributed by atoms with E-state index in [1.54, 1.807) is 6.92 Å². The predicted octanol–water partition coefficient (Wildman–Crippen LogP) is 3.42. The van der Waals surface area contributed by atoms with E-state index in [1.807, 2.05) is 18.2 Å². The summed E-state index contributed by atoms with van der Waals surface area (Å²) in [6.45, 7) is 1.59. The zero-order valence-corrected chi connectivity index (χ0v) is 9.99. The van der Waals surface area contributed by atoms with Gasteiger partial charge in [-0.25, -0.2) is 0 Å². The molecular weight excluding hydrogens is 212 g/mol. The normalized spacial score (nSPS) is 16.8. The predicted molar refractivity (Wildman–Crippen MR) is 67.3 cm³/mol. The number of benzene rings is 1. The summed E-state index contributed by atoms with van der Waals surface area (Å²) in [5.41, 5.74) is 2.91. The van der Waals surface area contributed by atoms with Gasteiger partial charge in [-0.15, -0.1) is 0 Å². The third-order valence-electron chi connectivity index (χ3n) is 3.75. The van der Waals surface area contributed by atoms with Crippen LogP contribution in [0.5, 0.6) is 0 Å². The van der Waals surface area contributed by atoms with E-state index in [1.165, 1.54) is 36.8 Å². The third-order valence-corrected chi connectivity index (χ3v) is 3.75. The first-order valence-electron chi connectivity index (χ1n) is 6.24. The first-order valence-corrected chi connectivity index (χ1v) is 6.24. The van der Waals surface area contributed by atoms with Gasteiger partial charge in [0.05, 0.1) is 5.52 Å². The second-order valence-corrected chi connectivity index (χ2v) is 4.91. The molecule has 1 N–H and O–H groups in total. The first-order chi connectivity index (χ1) is 8.25. The molecule has 0 spiro atoms. The number of nitrogens with zero attached hydrogens (tertiary/aromatic N) is 1. The average molecular weight is 228 g/mol. The highest BCUT2D eigenvalue weighted by atomic mass is 16.1. The molecule has 1 aromatic carbocycles. The number of carbonyl (C=O) groups is 1. The van der Waals surface area contributed by atoms with Crippen molar-refractivity contribution in [3.8, 4) is 0 Å². The molecule has 88 valence electrons. The summed E-state index contributed by atoms with van der Waals surface area (Å²) in [6, 6.07) is 5.81. The van der Waals surface area contributed by atoms with Gasteiger partial charge in [-0.3, -0.25) is 9.89 Å². The van der Waals surface area contributed by atoms with Crippen LogP contribution in [0.25, 0.3) is 10.9 Å². The molecule has 0 atom stereocenters. The number of aromatic amines is 1. The molecule has 1 fully saturated rings. The second-order valence-electron chi connectivity index (χ2n) is 4.91. The number of Topliss-reactive ketones (excluding diaryl/α,β-unsaturated/α-hetero) is 1. The van der Waals surface area contributed by atoms with Gasteiger partial charge in [-0.1, -0.05) is 25.0 Å². The van der Waals surface area contributed by atoms with Crippen molar-refractivity contribution in [2.75, 3.05) is 0 Å². The minimum absolute atomic E-state index is 0.0947.